The van der Waals surface area contributed by atoms with E-state index in [-0.39, 0.29) is 0 Å². The molecule has 1 heterocycles. The molecule has 0 bridgehead atoms. The molecule has 2 aromatic carbocycles. The summed E-state index contributed by atoms with van der Waals surface area (Å²) in [4.78, 5) is 0. The molecule has 0 saturated carbocycles. The summed E-state index contributed by atoms with van der Waals surface area (Å²) in [6.45, 7) is 4.03. The summed E-state index contributed by atoms with van der Waals surface area (Å²) >= 11 is 0. The lowest BCUT2D eigenvalue weighted by Gasteiger charge is -2.32. The zero-order valence-electron chi connectivity index (χ0n) is 11.9. The van der Waals surface area contributed by atoms with Gasteiger partial charge in [-0.2, -0.15) is 0 Å². The Balaban J connectivity index is 1.65. The number of hydrogen-bond acceptors (Lipinski definition) is 2. The molecule has 0 saturated heterocycles. The maximum absolute atomic E-state index is 5.79. The molecule has 1 aliphatic heterocycles. The van der Waals surface area contributed by atoms with Crippen molar-refractivity contribution in [2.75, 3.05) is 13.2 Å². The third kappa shape index (κ3) is 2.86. The highest BCUT2D eigenvalue weighted by Gasteiger charge is 2.26. The second-order valence-corrected chi connectivity index (χ2v) is 5.49. The summed E-state index contributed by atoms with van der Waals surface area (Å²) in [6, 6.07) is 19.4. The zero-order valence-corrected chi connectivity index (χ0v) is 11.9. The molecule has 2 nitrogen and oxygen atoms in total. The van der Waals surface area contributed by atoms with Crippen LogP contribution in [0.1, 0.15) is 24.1 Å². The van der Waals surface area contributed by atoms with Gasteiger partial charge in [0.1, 0.15) is 5.75 Å². The molecule has 0 amide bonds. The predicted molar refractivity (Wildman–Crippen MR) is 82.0 cm³/mol. The second kappa shape index (κ2) is 6.10. The third-order valence-electron chi connectivity index (χ3n) is 3.95. The highest BCUT2D eigenvalue weighted by Crippen LogP contribution is 2.34. The van der Waals surface area contributed by atoms with Crippen molar-refractivity contribution in [3.63, 3.8) is 0 Å². The Kier molecular flexibility index (Phi) is 4.03. The van der Waals surface area contributed by atoms with Crippen LogP contribution in [0.15, 0.2) is 54.6 Å². The number of hydrogen-bond donors (Lipinski definition) is 1. The van der Waals surface area contributed by atoms with Crippen molar-refractivity contribution in [3.05, 3.63) is 65.7 Å². The first-order chi connectivity index (χ1) is 9.84. The molecule has 0 fully saturated rings. The molecular weight excluding hydrogens is 246 g/mol. The minimum atomic E-state index is 0.392. The molecule has 0 radical (unpaired) electrons. The van der Waals surface area contributed by atoms with Crippen LogP contribution in [-0.2, 0) is 6.42 Å². The van der Waals surface area contributed by atoms with Gasteiger partial charge >= 0.3 is 0 Å². The van der Waals surface area contributed by atoms with Gasteiger partial charge in [0.2, 0.25) is 0 Å². The van der Waals surface area contributed by atoms with Crippen molar-refractivity contribution in [2.45, 2.75) is 19.4 Å². The van der Waals surface area contributed by atoms with Gasteiger partial charge < -0.3 is 10.1 Å². The van der Waals surface area contributed by atoms with Crippen molar-refractivity contribution in [2.24, 2.45) is 5.92 Å². The van der Waals surface area contributed by atoms with Gasteiger partial charge in [-0.15, -0.1) is 0 Å². The van der Waals surface area contributed by atoms with Gasteiger partial charge in [-0.05, 0) is 24.6 Å². The lowest BCUT2D eigenvalue weighted by Crippen LogP contribution is -2.35. The summed E-state index contributed by atoms with van der Waals surface area (Å²) < 4.78 is 5.79. The summed E-state index contributed by atoms with van der Waals surface area (Å²) in [7, 11) is 0. The maximum Gasteiger partial charge on any atom is 0.124 e. The molecule has 0 aliphatic carbocycles. The Hall–Kier alpha value is -1.80. The number of benzene rings is 2. The smallest absolute Gasteiger partial charge is 0.124 e. The van der Waals surface area contributed by atoms with Crippen LogP contribution in [0, 0.1) is 5.92 Å². The van der Waals surface area contributed by atoms with Crippen molar-refractivity contribution in [1.29, 1.82) is 0 Å². The van der Waals surface area contributed by atoms with Crippen LogP contribution in [0.4, 0.5) is 0 Å². The molecule has 2 unspecified atom stereocenters. The van der Waals surface area contributed by atoms with Crippen molar-refractivity contribution < 1.29 is 4.74 Å². The predicted octanol–water partition coefficient (Wildman–Crippen LogP) is 3.59. The van der Waals surface area contributed by atoms with E-state index in [2.05, 4.69) is 60.8 Å². The Labute approximate surface area is 120 Å². The van der Waals surface area contributed by atoms with E-state index in [1.807, 2.05) is 6.07 Å². The molecule has 2 heteroatoms. The minimum absolute atomic E-state index is 0.392. The van der Waals surface area contributed by atoms with Crippen LogP contribution in [0.3, 0.4) is 0 Å². The van der Waals surface area contributed by atoms with E-state index in [0.717, 1.165) is 25.3 Å². The number of para-hydroxylation sites is 1. The van der Waals surface area contributed by atoms with Gasteiger partial charge in [0.15, 0.2) is 0 Å². The lowest BCUT2D eigenvalue weighted by molar-refractivity contribution is 0.189. The molecular formula is C18H21NO. The Bertz CT molecular complexity index is 552. The zero-order chi connectivity index (χ0) is 13.8. The highest BCUT2D eigenvalue weighted by molar-refractivity contribution is 5.37. The summed E-state index contributed by atoms with van der Waals surface area (Å²) in [5, 5.41) is 3.70. The first-order valence-electron chi connectivity index (χ1n) is 7.33. The molecule has 2 atom stereocenters. The van der Waals surface area contributed by atoms with Gasteiger partial charge in [0.25, 0.3) is 0 Å². The molecule has 20 heavy (non-hydrogen) atoms. The number of nitrogens with one attached hydrogen (secondary N) is 1. The van der Waals surface area contributed by atoms with Crippen molar-refractivity contribution in [1.82, 2.24) is 5.32 Å². The summed E-state index contributed by atoms with van der Waals surface area (Å²) in [5.41, 5.74) is 2.67. The average molecular weight is 267 g/mol. The minimum Gasteiger partial charge on any atom is -0.493 e. The van der Waals surface area contributed by atoms with E-state index in [1.165, 1.54) is 11.1 Å². The molecule has 3 rings (SSSR count). The summed E-state index contributed by atoms with van der Waals surface area (Å²) in [6.07, 6.45) is 1.06. The van der Waals surface area contributed by atoms with Crippen molar-refractivity contribution >= 4 is 0 Å². The third-order valence-corrected chi connectivity index (χ3v) is 3.95. The Morgan fingerprint density at radius 3 is 2.65 bits per heavy atom. The quantitative estimate of drug-likeness (QED) is 0.914. The fraction of sp³-hybridized carbons (Fsp3) is 0.333. The molecule has 0 aromatic heterocycles. The molecule has 1 aliphatic rings. The Morgan fingerprint density at radius 1 is 1.05 bits per heavy atom. The summed E-state index contributed by atoms with van der Waals surface area (Å²) in [5.74, 6) is 1.53. The first kappa shape index (κ1) is 13.2. The van der Waals surface area contributed by atoms with Crippen molar-refractivity contribution in [3.8, 4) is 5.75 Å². The molecule has 0 spiro atoms. The first-order valence-corrected chi connectivity index (χ1v) is 7.33. The fourth-order valence-corrected chi connectivity index (χ4v) is 2.82. The fourth-order valence-electron chi connectivity index (χ4n) is 2.82. The van der Waals surface area contributed by atoms with Crippen LogP contribution < -0.4 is 10.1 Å². The van der Waals surface area contributed by atoms with Crippen LogP contribution >= 0.6 is 0 Å². The molecule has 104 valence electrons. The second-order valence-electron chi connectivity index (χ2n) is 5.49. The number of fused-ring (bicyclic) bond motifs is 1. The van der Waals surface area contributed by atoms with E-state index in [9.17, 15) is 0 Å². The normalized spacial score (nSPS) is 21.1. The lowest BCUT2D eigenvalue weighted by atomic mass is 9.92. The van der Waals surface area contributed by atoms with Crippen LogP contribution in [0.5, 0.6) is 5.75 Å². The number of rotatable bonds is 4. The average Bonchev–Trinajstić information content (AvgIpc) is 2.50. The topological polar surface area (TPSA) is 21.3 Å². The van der Waals surface area contributed by atoms with Crippen LogP contribution in [-0.4, -0.2) is 13.2 Å². The largest absolute Gasteiger partial charge is 0.493 e. The van der Waals surface area contributed by atoms with E-state index >= 15 is 0 Å². The van der Waals surface area contributed by atoms with Crippen LogP contribution in [0.2, 0.25) is 0 Å². The SMILES string of the molecule is CC1COc2ccccc2C1NCCc1ccccc1. The standard InChI is InChI=1S/C18H21NO/c1-14-13-20-17-10-6-5-9-16(17)18(14)19-12-11-15-7-3-2-4-8-15/h2-10,14,18-19H,11-13H2,1H3. The maximum atomic E-state index is 5.79. The number of ether oxygens (including phenoxy) is 1. The van der Waals surface area contributed by atoms with E-state index in [0.29, 0.717) is 12.0 Å². The van der Waals surface area contributed by atoms with Gasteiger partial charge in [-0.1, -0.05) is 55.5 Å². The van der Waals surface area contributed by atoms with Gasteiger partial charge in [-0.3, -0.25) is 0 Å². The van der Waals surface area contributed by atoms with E-state index < -0.39 is 0 Å². The van der Waals surface area contributed by atoms with E-state index in [1.54, 1.807) is 0 Å². The van der Waals surface area contributed by atoms with Gasteiger partial charge in [-0.25, -0.2) is 0 Å². The molecule has 2 aromatic rings. The van der Waals surface area contributed by atoms with Gasteiger partial charge in [0.05, 0.1) is 6.61 Å². The molecule has 1 N–H and O–H groups in total. The van der Waals surface area contributed by atoms with Crippen LogP contribution in [0.25, 0.3) is 0 Å². The highest BCUT2D eigenvalue weighted by atomic mass is 16.5. The Morgan fingerprint density at radius 2 is 1.80 bits per heavy atom. The monoisotopic (exact) mass is 267 g/mol. The van der Waals surface area contributed by atoms with E-state index in [4.69, 9.17) is 4.74 Å². The van der Waals surface area contributed by atoms with Gasteiger partial charge in [0, 0.05) is 17.5 Å².